The summed E-state index contributed by atoms with van der Waals surface area (Å²) in [5.74, 6) is 1.70. The zero-order valence-corrected chi connectivity index (χ0v) is 26.9. The number of fused-ring (bicyclic) bond motifs is 10. The van der Waals surface area contributed by atoms with E-state index < -0.39 is 0 Å². The van der Waals surface area contributed by atoms with Crippen LogP contribution in [0, 0.1) is 0 Å². The SMILES string of the molecule is CCCCc1ccc2c(c1)c1ccc3c4ccccc4oc3c1n2-c1nc(-c2ccccc2)nc(-c2cccc3oc4ccccc4c23)n1. The van der Waals surface area contributed by atoms with Crippen LogP contribution in [-0.2, 0) is 6.42 Å². The van der Waals surface area contributed by atoms with Crippen LogP contribution in [-0.4, -0.2) is 19.5 Å². The Morgan fingerprint density at radius 1 is 0.571 bits per heavy atom. The normalized spacial score (nSPS) is 12.0. The molecule has 0 aliphatic carbocycles. The van der Waals surface area contributed by atoms with Crippen LogP contribution in [0.15, 0.2) is 136 Å². The molecule has 0 aliphatic rings. The van der Waals surface area contributed by atoms with Gasteiger partial charge < -0.3 is 8.83 Å². The number of benzene rings is 6. The molecule has 10 aromatic rings. The van der Waals surface area contributed by atoms with Gasteiger partial charge in [0.15, 0.2) is 17.2 Å². The van der Waals surface area contributed by atoms with Gasteiger partial charge in [-0.1, -0.05) is 104 Å². The number of aromatic nitrogens is 4. The Bertz CT molecular complexity index is 2880. The van der Waals surface area contributed by atoms with Crippen molar-refractivity contribution in [2.45, 2.75) is 26.2 Å². The molecule has 4 aromatic heterocycles. The van der Waals surface area contributed by atoms with Crippen molar-refractivity contribution in [1.82, 2.24) is 19.5 Å². The van der Waals surface area contributed by atoms with Gasteiger partial charge in [-0.25, -0.2) is 4.98 Å². The van der Waals surface area contributed by atoms with Gasteiger partial charge in [0, 0.05) is 43.4 Å². The second-order valence-electron chi connectivity index (χ2n) is 12.7. The minimum atomic E-state index is 0.530. The maximum absolute atomic E-state index is 6.67. The molecular formula is C43H30N4O2. The van der Waals surface area contributed by atoms with Crippen molar-refractivity contribution in [3.8, 4) is 28.7 Å². The van der Waals surface area contributed by atoms with E-state index in [-0.39, 0.29) is 0 Å². The van der Waals surface area contributed by atoms with Crippen molar-refractivity contribution in [3.05, 3.63) is 133 Å². The summed E-state index contributed by atoms with van der Waals surface area (Å²) in [4.78, 5) is 15.6. The van der Waals surface area contributed by atoms with Gasteiger partial charge in [0.1, 0.15) is 22.3 Å². The molecule has 0 atom stereocenters. The molecule has 0 unspecified atom stereocenters. The number of nitrogens with zero attached hydrogens (tertiary/aromatic N) is 4. The lowest BCUT2D eigenvalue weighted by Crippen LogP contribution is -2.06. The molecule has 0 amide bonds. The minimum absolute atomic E-state index is 0.530. The lowest BCUT2D eigenvalue weighted by Gasteiger charge is -2.11. The predicted molar refractivity (Wildman–Crippen MR) is 198 cm³/mol. The molecule has 0 radical (unpaired) electrons. The molecule has 234 valence electrons. The number of para-hydroxylation sites is 2. The molecule has 0 N–H and O–H groups in total. The standard InChI is InChI=1S/C43H30N4O2/c1-2-3-12-26-21-24-34-33(25-26)29-22-23-30-28-15-7-9-18-35(28)49-40(30)39(29)47(34)43-45-41(27-13-5-4-6-14-27)44-42(46-43)32-17-11-20-37-38(32)31-16-8-10-19-36(31)48-37/h4-11,13-25H,2-3,12H2,1H3. The van der Waals surface area contributed by atoms with E-state index >= 15 is 0 Å². The molecule has 0 spiro atoms. The second-order valence-corrected chi connectivity index (χ2v) is 12.7. The number of rotatable bonds is 6. The molecule has 0 fully saturated rings. The summed E-state index contributed by atoms with van der Waals surface area (Å²) in [6, 6.07) is 43.7. The van der Waals surface area contributed by atoms with Gasteiger partial charge in [-0.2, -0.15) is 9.97 Å². The first-order chi connectivity index (χ1) is 24.2. The monoisotopic (exact) mass is 634 g/mol. The van der Waals surface area contributed by atoms with E-state index in [0.29, 0.717) is 17.6 Å². The summed E-state index contributed by atoms with van der Waals surface area (Å²) in [6.07, 6.45) is 3.32. The van der Waals surface area contributed by atoms with Gasteiger partial charge in [-0.3, -0.25) is 4.57 Å². The van der Waals surface area contributed by atoms with Gasteiger partial charge >= 0.3 is 0 Å². The van der Waals surface area contributed by atoms with Crippen molar-refractivity contribution in [2.24, 2.45) is 0 Å². The van der Waals surface area contributed by atoms with Crippen LogP contribution >= 0.6 is 0 Å². The third-order valence-electron chi connectivity index (χ3n) is 9.65. The highest BCUT2D eigenvalue weighted by molar-refractivity contribution is 6.21. The molecule has 0 bridgehead atoms. The van der Waals surface area contributed by atoms with Crippen LogP contribution in [0.4, 0.5) is 0 Å². The molecule has 6 aromatic carbocycles. The molecule has 0 saturated heterocycles. The number of unbranched alkanes of at least 4 members (excludes halogenated alkanes) is 1. The van der Waals surface area contributed by atoms with E-state index in [1.165, 1.54) is 5.56 Å². The Hall–Kier alpha value is -6.27. The highest BCUT2D eigenvalue weighted by Gasteiger charge is 2.23. The van der Waals surface area contributed by atoms with Crippen LogP contribution in [0.1, 0.15) is 25.3 Å². The van der Waals surface area contributed by atoms with Gasteiger partial charge in [-0.15, -0.1) is 0 Å². The lowest BCUT2D eigenvalue weighted by atomic mass is 10.0. The third kappa shape index (κ3) is 4.30. The second kappa shape index (κ2) is 10.9. The maximum atomic E-state index is 6.67. The minimum Gasteiger partial charge on any atom is -0.456 e. The fourth-order valence-corrected chi connectivity index (χ4v) is 7.34. The summed E-state index contributed by atoms with van der Waals surface area (Å²) in [6.45, 7) is 2.23. The van der Waals surface area contributed by atoms with Crippen LogP contribution in [0.3, 0.4) is 0 Å². The van der Waals surface area contributed by atoms with Crippen LogP contribution < -0.4 is 0 Å². The smallest absolute Gasteiger partial charge is 0.238 e. The van der Waals surface area contributed by atoms with Crippen molar-refractivity contribution in [1.29, 1.82) is 0 Å². The zero-order valence-electron chi connectivity index (χ0n) is 26.9. The van der Waals surface area contributed by atoms with E-state index in [1.807, 2.05) is 72.8 Å². The van der Waals surface area contributed by atoms with E-state index in [2.05, 4.69) is 66.1 Å². The number of hydrogen-bond acceptors (Lipinski definition) is 5. The van der Waals surface area contributed by atoms with Crippen molar-refractivity contribution in [3.63, 3.8) is 0 Å². The lowest BCUT2D eigenvalue weighted by molar-refractivity contribution is 0.669. The molecule has 0 saturated carbocycles. The third-order valence-corrected chi connectivity index (χ3v) is 9.65. The molecule has 0 aliphatic heterocycles. The van der Waals surface area contributed by atoms with Gasteiger partial charge in [-0.05, 0) is 54.8 Å². The quantitative estimate of drug-likeness (QED) is 0.182. The van der Waals surface area contributed by atoms with Crippen LogP contribution in [0.2, 0.25) is 0 Å². The summed E-state index contributed by atoms with van der Waals surface area (Å²) >= 11 is 0. The zero-order chi connectivity index (χ0) is 32.5. The highest BCUT2D eigenvalue weighted by Crippen LogP contribution is 2.41. The molecule has 6 heteroatoms. The summed E-state index contributed by atoms with van der Waals surface area (Å²) in [7, 11) is 0. The van der Waals surface area contributed by atoms with E-state index in [9.17, 15) is 0 Å². The molecule has 49 heavy (non-hydrogen) atoms. The molecule has 10 rings (SSSR count). The van der Waals surface area contributed by atoms with Crippen molar-refractivity contribution >= 4 is 65.7 Å². The predicted octanol–water partition coefficient (Wildman–Crippen LogP) is 11.4. The van der Waals surface area contributed by atoms with Crippen molar-refractivity contribution < 1.29 is 8.83 Å². The molecular weight excluding hydrogens is 604 g/mol. The Morgan fingerprint density at radius 3 is 2.16 bits per heavy atom. The highest BCUT2D eigenvalue weighted by atomic mass is 16.3. The summed E-state index contributed by atoms with van der Waals surface area (Å²) in [5, 5.41) is 6.40. The maximum Gasteiger partial charge on any atom is 0.238 e. The number of furan rings is 2. The molecule has 4 heterocycles. The van der Waals surface area contributed by atoms with E-state index in [1.54, 1.807) is 0 Å². The first-order valence-corrected chi connectivity index (χ1v) is 16.8. The van der Waals surface area contributed by atoms with Crippen molar-refractivity contribution in [2.75, 3.05) is 0 Å². The average molecular weight is 635 g/mol. The largest absolute Gasteiger partial charge is 0.456 e. The molecule has 6 nitrogen and oxygen atoms in total. The number of hydrogen-bond donors (Lipinski definition) is 0. The Labute approximate surface area is 281 Å². The fourth-order valence-electron chi connectivity index (χ4n) is 7.34. The van der Waals surface area contributed by atoms with Gasteiger partial charge in [0.25, 0.3) is 0 Å². The van der Waals surface area contributed by atoms with Gasteiger partial charge in [0.2, 0.25) is 5.95 Å². The first kappa shape index (κ1) is 27.8. The topological polar surface area (TPSA) is 69.9 Å². The Morgan fingerprint density at radius 2 is 1.31 bits per heavy atom. The van der Waals surface area contributed by atoms with Crippen LogP contribution in [0.25, 0.3) is 94.4 Å². The number of aryl methyl sites for hydroxylation is 1. The fraction of sp³-hybridized carbons (Fsp3) is 0.0930. The summed E-state index contributed by atoms with van der Waals surface area (Å²) in [5.41, 5.74) is 8.37. The van der Waals surface area contributed by atoms with Gasteiger partial charge in [0.05, 0.1) is 5.52 Å². The Balaban J connectivity index is 1.33. The first-order valence-electron chi connectivity index (χ1n) is 16.8. The summed E-state index contributed by atoms with van der Waals surface area (Å²) < 4.78 is 15.1. The van der Waals surface area contributed by atoms with Crippen LogP contribution in [0.5, 0.6) is 0 Å². The Kier molecular flexibility index (Phi) is 6.18. The average Bonchev–Trinajstić information content (AvgIpc) is 3.83. The van der Waals surface area contributed by atoms with E-state index in [4.69, 9.17) is 23.8 Å². The van der Waals surface area contributed by atoms with E-state index in [0.717, 1.165) is 96.1 Å².